The number of rotatable bonds is 6. The number of halogens is 3. The molecule has 2 aromatic rings. The smallest absolute Gasteiger partial charge is 0.370 e. The zero-order valence-corrected chi connectivity index (χ0v) is 15.3. The molecule has 0 atom stereocenters. The van der Waals surface area contributed by atoms with E-state index in [1.165, 1.54) is 28.8 Å². The number of aromatic nitrogens is 3. The minimum atomic E-state index is -4.61. The third-order valence-corrected chi connectivity index (χ3v) is 6.02. The Hall–Kier alpha value is -2.27. The van der Waals surface area contributed by atoms with Crippen molar-refractivity contribution in [3.63, 3.8) is 0 Å². The SMILES string of the molecule is CCS(=O)(=O)N1CC(CNc2cc(C(F)(F)F)nc(-c3ccncc3)n2)C1. The lowest BCUT2D eigenvalue weighted by molar-refractivity contribution is -0.141. The zero-order chi connectivity index (χ0) is 19.7. The van der Waals surface area contributed by atoms with E-state index in [1.807, 2.05) is 0 Å². The van der Waals surface area contributed by atoms with Gasteiger partial charge >= 0.3 is 6.18 Å². The molecule has 0 saturated carbocycles. The summed E-state index contributed by atoms with van der Waals surface area (Å²) in [6.45, 7) is 2.58. The molecular weight excluding hydrogens is 383 g/mol. The van der Waals surface area contributed by atoms with Gasteiger partial charge in [0.15, 0.2) is 11.5 Å². The molecule has 146 valence electrons. The molecule has 11 heteroatoms. The summed E-state index contributed by atoms with van der Waals surface area (Å²) in [6, 6.07) is 3.90. The number of hydrogen-bond acceptors (Lipinski definition) is 6. The van der Waals surface area contributed by atoms with Crippen LogP contribution in [0.25, 0.3) is 11.4 Å². The first-order valence-electron chi connectivity index (χ1n) is 8.27. The first-order valence-corrected chi connectivity index (χ1v) is 9.88. The molecule has 1 aliphatic rings. The standard InChI is InChI=1S/C16H18F3N5O2S/c1-2-27(25,26)24-9-11(10-24)8-21-14-7-13(16(17,18)19)22-15(23-14)12-3-5-20-6-4-12/h3-7,11H,2,8-10H2,1H3,(H,21,22,23). The third-order valence-electron chi connectivity index (χ3n) is 4.21. The predicted molar refractivity (Wildman–Crippen MR) is 93.3 cm³/mol. The summed E-state index contributed by atoms with van der Waals surface area (Å²) in [5.74, 6) is 0.0305. The van der Waals surface area contributed by atoms with E-state index in [0.717, 1.165) is 6.07 Å². The number of nitrogens with one attached hydrogen (secondary N) is 1. The van der Waals surface area contributed by atoms with Crippen LogP contribution in [0.3, 0.4) is 0 Å². The van der Waals surface area contributed by atoms with Crippen molar-refractivity contribution in [2.45, 2.75) is 13.1 Å². The van der Waals surface area contributed by atoms with Crippen molar-refractivity contribution in [1.82, 2.24) is 19.3 Å². The van der Waals surface area contributed by atoms with Gasteiger partial charge in [0.25, 0.3) is 0 Å². The molecule has 0 radical (unpaired) electrons. The summed E-state index contributed by atoms with van der Waals surface area (Å²) in [5, 5.41) is 2.87. The molecule has 3 heterocycles. The van der Waals surface area contributed by atoms with Gasteiger partial charge in [0, 0.05) is 49.6 Å². The average Bonchev–Trinajstić information content (AvgIpc) is 2.60. The van der Waals surface area contributed by atoms with Crippen LogP contribution in [0.5, 0.6) is 0 Å². The van der Waals surface area contributed by atoms with Gasteiger partial charge in [0.05, 0.1) is 5.75 Å². The minimum Gasteiger partial charge on any atom is -0.370 e. The summed E-state index contributed by atoms with van der Waals surface area (Å²) in [5.41, 5.74) is -0.626. The average molecular weight is 401 g/mol. The maximum absolute atomic E-state index is 13.2. The molecule has 1 fully saturated rings. The van der Waals surface area contributed by atoms with Crippen molar-refractivity contribution in [3.05, 3.63) is 36.3 Å². The number of hydrogen-bond donors (Lipinski definition) is 1. The molecule has 3 rings (SSSR count). The van der Waals surface area contributed by atoms with Gasteiger partial charge in [0.1, 0.15) is 5.82 Å². The van der Waals surface area contributed by atoms with Crippen LogP contribution in [-0.4, -0.2) is 53.1 Å². The van der Waals surface area contributed by atoms with Crippen LogP contribution < -0.4 is 5.32 Å². The van der Waals surface area contributed by atoms with Crippen molar-refractivity contribution >= 4 is 15.8 Å². The van der Waals surface area contributed by atoms with Crippen LogP contribution in [0.15, 0.2) is 30.6 Å². The van der Waals surface area contributed by atoms with Crippen LogP contribution in [0.1, 0.15) is 12.6 Å². The lowest BCUT2D eigenvalue weighted by Gasteiger charge is -2.38. The van der Waals surface area contributed by atoms with Crippen LogP contribution in [0, 0.1) is 5.92 Å². The van der Waals surface area contributed by atoms with Gasteiger partial charge < -0.3 is 5.32 Å². The Morgan fingerprint density at radius 2 is 1.89 bits per heavy atom. The fourth-order valence-electron chi connectivity index (χ4n) is 2.62. The van der Waals surface area contributed by atoms with E-state index in [0.29, 0.717) is 25.2 Å². The fraction of sp³-hybridized carbons (Fsp3) is 0.438. The van der Waals surface area contributed by atoms with E-state index in [1.54, 1.807) is 6.92 Å². The van der Waals surface area contributed by atoms with Gasteiger partial charge in [-0.15, -0.1) is 0 Å². The van der Waals surface area contributed by atoms with Gasteiger partial charge in [-0.05, 0) is 19.1 Å². The van der Waals surface area contributed by atoms with E-state index in [9.17, 15) is 21.6 Å². The second-order valence-electron chi connectivity index (χ2n) is 6.16. The molecule has 27 heavy (non-hydrogen) atoms. The Morgan fingerprint density at radius 1 is 1.22 bits per heavy atom. The fourth-order valence-corrected chi connectivity index (χ4v) is 3.86. The lowest BCUT2D eigenvalue weighted by atomic mass is 10.0. The Balaban J connectivity index is 1.74. The molecule has 0 aromatic carbocycles. The minimum absolute atomic E-state index is 0.0139. The Kier molecular flexibility index (Phi) is 5.33. The zero-order valence-electron chi connectivity index (χ0n) is 14.4. The Bertz CT molecular complexity index is 900. The first kappa shape index (κ1) is 19.5. The van der Waals surface area contributed by atoms with Gasteiger partial charge in [-0.2, -0.15) is 13.2 Å². The molecule has 0 unspecified atom stereocenters. The highest BCUT2D eigenvalue weighted by molar-refractivity contribution is 7.89. The molecule has 7 nitrogen and oxygen atoms in total. The molecule has 2 aromatic heterocycles. The van der Waals surface area contributed by atoms with Gasteiger partial charge in [-0.25, -0.2) is 22.7 Å². The summed E-state index contributed by atoms with van der Waals surface area (Å²) in [4.78, 5) is 11.6. The van der Waals surface area contributed by atoms with Gasteiger partial charge in [0.2, 0.25) is 10.0 Å². The molecule has 1 aliphatic heterocycles. The van der Waals surface area contributed by atoms with Crippen molar-refractivity contribution < 1.29 is 21.6 Å². The Morgan fingerprint density at radius 3 is 2.48 bits per heavy atom. The van der Waals surface area contributed by atoms with Crippen LogP contribution in [0.2, 0.25) is 0 Å². The highest BCUT2D eigenvalue weighted by Crippen LogP contribution is 2.31. The maximum Gasteiger partial charge on any atom is 0.433 e. The lowest BCUT2D eigenvalue weighted by Crippen LogP contribution is -2.52. The summed E-state index contributed by atoms with van der Waals surface area (Å²) < 4.78 is 64.3. The van der Waals surface area contributed by atoms with E-state index in [-0.39, 0.29) is 23.3 Å². The van der Waals surface area contributed by atoms with Crippen molar-refractivity contribution in [2.24, 2.45) is 5.92 Å². The molecule has 0 amide bonds. The van der Waals surface area contributed by atoms with Crippen LogP contribution >= 0.6 is 0 Å². The quantitative estimate of drug-likeness (QED) is 0.799. The van der Waals surface area contributed by atoms with E-state index < -0.39 is 21.9 Å². The predicted octanol–water partition coefficient (Wildman–Crippen LogP) is 2.25. The van der Waals surface area contributed by atoms with Crippen LogP contribution in [-0.2, 0) is 16.2 Å². The Labute approximate surface area is 154 Å². The maximum atomic E-state index is 13.2. The number of anilines is 1. The topological polar surface area (TPSA) is 88.1 Å². The second-order valence-corrected chi connectivity index (χ2v) is 8.42. The van der Waals surface area contributed by atoms with Crippen molar-refractivity contribution in [1.29, 1.82) is 0 Å². The van der Waals surface area contributed by atoms with Crippen molar-refractivity contribution in [2.75, 3.05) is 30.7 Å². The van der Waals surface area contributed by atoms with E-state index in [4.69, 9.17) is 0 Å². The number of sulfonamides is 1. The molecular formula is C16H18F3N5O2S. The van der Waals surface area contributed by atoms with Gasteiger partial charge in [-0.3, -0.25) is 4.98 Å². The van der Waals surface area contributed by atoms with Crippen molar-refractivity contribution in [3.8, 4) is 11.4 Å². The normalized spacial score (nSPS) is 16.1. The van der Waals surface area contributed by atoms with Crippen LogP contribution in [0.4, 0.5) is 19.0 Å². The molecule has 0 aliphatic carbocycles. The largest absolute Gasteiger partial charge is 0.433 e. The molecule has 0 bridgehead atoms. The van der Waals surface area contributed by atoms with Gasteiger partial charge in [-0.1, -0.05) is 0 Å². The highest BCUT2D eigenvalue weighted by Gasteiger charge is 2.35. The summed E-state index contributed by atoms with van der Waals surface area (Å²) in [7, 11) is -3.22. The molecule has 1 N–H and O–H groups in total. The molecule has 1 saturated heterocycles. The molecule has 0 spiro atoms. The number of nitrogens with zero attached hydrogens (tertiary/aromatic N) is 4. The monoisotopic (exact) mass is 401 g/mol. The summed E-state index contributed by atoms with van der Waals surface area (Å²) in [6.07, 6.45) is -1.71. The highest BCUT2D eigenvalue weighted by atomic mass is 32.2. The number of alkyl halides is 3. The summed E-state index contributed by atoms with van der Waals surface area (Å²) >= 11 is 0. The third kappa shape index (κ3) is 4.53. The van der Waals surface area contributed by atoms with E-state index in [2.05, 4.69) is 20.3 Å². The second kappa shape index (κ2) is 7.39. The van der Waals surface area contributed by atoms with E-state index >= 15 is 0 Å². The first-order chi connectivity index (χ1) is 12.7. The number of pyridine rings is 1.